The summed E-state index contributed by atoms with van der Waals surface area (Å²) in [6.45, 7) is 1.73. The van der Waals surface area contributed by atoms with Crippen molar-refractivity contribution in [1.29, 1.82) is 0 Å². The summed E-state index contributed by atoms with van der Waals surface area (Å²) in [5, 5.41) is 4.38. The van der Waals surface area contributed by atoms with Gasteiger partial charge in [-0.2, -0.15) is 5.10 Å². The van der Waals surface area contributed by atoms with Gasteiger partial charge in [-0.25, -0.2) is 0 Å². The number of benzene rings is 1. The van der Waals surface area contributed by atoms with Crippen LogP contribution in [0.4, 0.5) is 5.69 Å². The van der Waals surface area contributed by atoms with Gasteiger partial charge in [0.2, 0.25) is 0 Å². The fraction of sp³-hybridized carbons (Fsp3) is 0.357. The lowest BCUT2D eigenvalue weighted by Crippen LogP contribution is -2.14. The molecule has 1 aliphatic rings. The van der Waals surface area contributed by atoms with Crippen molar-refractivity contribution in [3.8, 4) is 11.1 Å². The van der Waals surface area contributed by atoms with Crippen LogP contribution in [0.15, 0.2) is 36.7 Å². The molecule has 0 bridgehead atoms. The van der Waals surface area contributed by atoms with Gasteiger partial charge in [0, 0.05) is 24.1 Å². The van der Waals surface area contributed by atoms with Crippen LogP contribution in [0.25, 0.3) is 11.1 Å². The first kappa shape index (κ1) is 11.3. The minimum absolute atomic E-state index is 0.323. The van der Waals surface area contributed by atoms with E-state index in [1.54, 1.807) is 0 Å². The summed E-state index contributed by atoms with van der Waals surface area (Å²) in [4.78, 5) is 0. The molecule has 0 amide bonds. The average Bonchev–Trinajstić information content (AvgIpc) is 3.02. The smallest absolute Gasteiger partial charge is 0.0771 e. The van der Waals surface area contributed by atoms with Crippen molar-refractivity contribution in [3.63, 3.8) is 0 Å². The second-order valence-electron chi connectivity index (χ2n) is 4.71. The van der Waals surface area contributed by atoms with E-state index in [0.717, 1.165) is 42.8 Å². The van der Waals surface area contributed by atoms with Gasteiger partial charge >= 0.3 is 0 Å². The molecule has 2 N–H and O–H groups in total. The molecule has 18 heavy (non-hydrogen) atoms. The number of nitrogens with two attached hydrogens (primary N) is 1. The van der Waals surface area contributed by atoms with Gasteiger partial charge in [0.05, 0.1) is 18.8 Å². The maximum atomic E-state index is 5.68. The van der Waals surface area contributed by atoms with Crippen LogP contribution in [-0.2, 0) is 11.3 Å². The molecule has 2 aromatic rings. The first-order valence-electron chi connectivity index (χ1n) is 6.31. The van der Waals surface area contributed by atoms with Crippen LogP contribution in [0.2, 0.25) is 0 Å². The van der Waals surface area contributed by atoms with Gasteiger partial charge in [-0.15, -0.1) is 0 Å². The molecule has 1 fully saturated rings. The maximum Gasteiger partial charge on any atom is 0.0771 e. The van der Waals surface area contributed by atoms with Crippen LogP contribution < -0.4 is 5.73 Å². The third kappa shape index (κ3) is 2.38. The van der Waals surface area contributed by atoms with E-state index in [4.69, 9.17) is 10.5 Å². The number of hydrogen-bond donors (Lipinski definition) is 1. The van der Waals surface area contributed by atoms with Gasteiger partial charge in [0.15, 0.2) is 0 Å². The molecule has 0 spiro atoms. The number of rotatable bonds is 3. The fourth-order valence-electron chi connectivity index (χ4n) is 2.29. The van der Waals surface area contributed by atoms with E-state index in [2.05, 4.69) is 11.3 Å². The fourth-order valence-corrected chi connectivity index (χ4v) is 2.29. The lowest BCUT2D eigenvalue weighted by molar-refractivity contribution is 0.0940. The van der Waals surface area contributed by atoms with Crippen LogP contribution in [-0.4, -0.2) is 22.5 Å². The van der Waals surface area contributed by atoms with Crippen molar-refractivity contribution in [3.05, 3.63) is 36.7 Å². The highest BCUT2D eigenvalue weighted by atomic mass is 16.5. The zero-order valence-electron chi connectivity index (χ0n) is 10.2. The SMILES string of the molecule is Nc1ccc(-c2cnn(CC3CCCO3)c2)cc1. The number of nitrogens with zero attached hydrogens (tertiary/aromatic N) is 2. The van der Waals surface area contributed by atoms with Crippen LogP contribution in [0, 0.1) is 0 Å². The topological polar surface area (TPSA) is 53.1 Å². The van der Waals surface area contributed by atoms with Gasteiger partial charge in [-0.1, -0.05) is 12.1 Å². The molecule has 94 valence electrons. The van der Waals surface area contributed by atoms with Gasteiger partial charge in [0.1, 0.15) is 0 Å². The Morgan fingerprint density at radius 3 is 2.83 bits per heavy atom. The van der Waals surface area contributed by atoms with Crippen LogP contribution in [0.3, 0.4) is 0 Å². The predicted molar refractivity (Wildman–Crippen MR) is 71.0 cm³/mol. The Morgan fingerprint density at radius 2 is 2.11 bits per heavy atom. The summed E-state index contributed by atoms with van der Waals surface area (Å²) < 4.78 is 7.57. The Hall–Kier alpha value is -1.81. The first-order chi connectivity index (χ1) is 8.81. The van der Waals surface area contributed by atoms with Gasteiger partial charge < -0.3 is 10.5 Å². The second kappa shape index (κ2) is 4.82. The van der Waals surface area contributed by atoms with E-state index in [0.29, 0.717) is 6.10 Å². The van der Waals surface area contributed by atoms with Crippen LogP contribution >= 0.6 is 0 Å². The van der Waals surface area contributed by atoms with E-state index in [1.807, 2.05) is 35.1 Å². The third-order valence-corrected chi connectivity index (χ3v) is 3.29. The number of anilines is 1. The molecule has 3 rings (SSSR count). The lowest BCUT2D eigenvalue weighted by Gasteiger charge is -2.08. The second-order valence-corrected chi connectivity index (χ2v) is 4.71. The van der Waals surface area contributed by atoms with Crippen molar-refractivity contribution in [2.24, 2.45) is 0 Å². The van der Waals surface area contributed by atoms with E-state index in [-0.39, 0.29) is 0 Å². The highest BCUT2D eigenvalue weighted by molar-refractivity contribution is 5.63. The van der Waals surface area contributed by atoms with Crippen LogP contribution in [0.1, 0.15) is 12.8 Å². The monoisotopic (exact) mass is 243 g/mol. The zero-order valence-corrected chi connectivity index (χ0v) is 10.2. The van der Waals surface area contributed by atoms with Gasteiger partial charge in [0.25, 0.3) is 0 Å². The molecule has 4 heteroatoms. The molecule has 2 heterocycles. The molecule has 1 aromatic heterocycles. The summed E-state index contributed by atoms with van der Waals surface area (Å²) in [5.74, 6) is 0. The molecular formula is C14H17N3O. The van der Waals surface area contributed by atoms with E-state index < -0.39 is 0 Å². The van der Waals surface area contributed by atoms with Crippen molar-refractivity contribution in [2.45, 2.75) is 25.5 Å². The van der Waals surface area contributed by atoms with Gasteiger partial charge in [-0.05, 0) is 30.5 Å². The molecule has 0 aliphatic carbocycles. The number of aromatic nitrogens is 2. The molecule has 1 aromatic carbocycles. The molecule has 1 unspecified atom stereocenters. The largest absolute Gasteiger partial charge is 0.399 e. The first-order valence-corrected chi connectivity index (χ1v) is 6.31. The number of nitrogen functional groups attached to an aromatic ring is 1. The van der Waals surface area contributed by atoms with E-state index in [9.17, 15) is 0 Å². The van der Waals surface area contributed by atoms with Crippen molar-refractivity contribution >= 4 is 5.69 Å². The highest BCUT2D eigenvalue weighted by Crippen LogP contribution is 2.21. The minimum atomic E-state index is 0.323. The zero-order chi connectivity index (χ0) is 12.4. The molecule has 0 radical (unpaired) electrons. The average molecular weight is 243 g/mol. The predicted octanol–water partition coefficient (Wildman–Crippen LogP) is 2.31. The Bertz CT molecular complexity index is 512. The molecule has 1 aliphatic heterocycles. The van der Waals surface area contributed by atoms with Gasteiger partial charge in [-0.3, -0.25) is 4.68 Å². The number of ether oxygens (including phenoxy) is 1. The van der Waals surface area contributed by atoms with Crippen LogP contribution in [0.5, 0.6) is 0 Å². The van der Waals surface area contributed by atoms with Crippen molar-refractivity contribution in [2.75, 3.05) is 12.3 Å². The van der Waals surface area contributed by atoms with Crippen molar-refractivity contribution in [1.82, 2.24) is 9.78 Å². The molecular weight excluding hydrogens is 226 g/mol. The number of hydrogen-bond acceptors (Lipinski definition) is 3. The molecule has 4 nitrogen and oxygen atoms in total. The Labute approximate surface area is 106 Å². The Morgan fingerprint density at radius 1 is 1.28 bits per heavy atom. The maximum absolute atomic E-state index is 5.68. The summed E-state index contributed by atoms with van der Waals surface area (Å²) in [5.41, 5.74) is 8.72. The quantitative estimate of drug-likeness (QED) is 0.842. The third-order valence-electron chi connectivity index (χ3n) is 3.29. The molecule has 0 saturated carbocycles. The summed E-state index contributed by atoms with van der Waals surface area (Å²) in [7, 11) is 0. The van der Waals surface area contributed by atoms with Crippen molar-refractivity contribution < 1.29 is 4.74 Å². The van der Waals surface area contributed by atoms with E-state index in [1.165, 1.54) is 0 Å². The molecule has 1 saturated heterocycles. The Balaban J connectivity index is 1.74. The van der Waals surface area contributed by atoms with E-state index >= 15 is 0 Å². The highest BCUT2D eigenvalue weighted by Gasteiger charge is 2.16. The lowest BCUT2D eigenvalue weighted by atomic mass is 10.1. The normalized spacial score (nSPS) is 19.2. The minimum Gasteiger partial charge on any atom is -0.399 e. The summed E-state index contributed by atoms with van der Waals surface area (Å²) in [6.07, 6.45) is 6.57. The Kier molecular flexibility index (Phi) is 3.02. The molecule has 1 atom stereocenters. The standard InChI is InChI=1S/C14H17N3O/c15-13-5-3-11(4-6-13)12-8-16-17(9-12)10-14-2-1-7-18-14/h3-6,8-9,14H,1-2,7,10,15H2. The summed E-state index contributed by atoms with van der Waals surface area (Å²) >= 11 is 0. The summed E-state index contributed by atoms with van der Waals surface area (Å²) in [6, 6.07) is 7.85.